The molecule has 6 N–H and O–H groups in total. The Hall–Kier alpha value is -4.05. The van der Waals surface area contributed by atoms with Crippen LogP contribution < -0.4 is 16.4 Å². The summed E-state index contributed by atoms with van der Waals surface area (Å²) in [7, 11) is -4.09. The molecular formula is C35H48N6O7S2. The molecule has 1 saturated heterocycles. The van der Waals surface area contributed by atoms with E-state index in [2.05, 4.69) is 15.6 Å². The first kappa shape index (κ1) is 38.7. The normalized spacial score (nSPS) is 19.0. The van der Waals surface area contributed by atoms with E-state index in [0.717, 1.165) is 10.6 Å². The van der Waals surface area contributed by atoms with Crippen LogP contribution in [-0.4, -0.2) is 87.4 Å². The van der Waals surface area contributed by atoms with Gasteiger partial charge in [-0.2, -0.15) is 0 Å². The topological polar surface area (TPSA) is 195 Å². The van der Waals surface area contributed by atoms with Gasteiger partial charge in [-0.05, 0) is 56.9 Å². The number of hydrogen-bond acceptors (Lipinski definition) is 10. The number of carbonyl (C=O) groups excluding carboxylic acids is 3. The molecule has 1 fully saturated rings. The largest absolute Gasteiger partial charge is 0.506 e. The maximum absolute atomic E-state index is 14.2. The molecule has 272 valence electrons. The first-order valence-corrected chi connectivity index (χ1v) is 18.9. The number of nitrogens with zero attached hydrogens (tertiary/aromatic N) is 3. The molecule has 1 aromatic heterocycles. The number of phenols is 1. The fourth-order valence-electron chi connectivity index (χ4n) is 6.68. The Labute approximate surface area is 297 Å². The van der Waals surface area contributed by atoms with Crippen molar-refractivity contribution in [3.63, 3.8) is 0 Å². The third kappa shape index (κ3) is 8.81. The highest BCUT2D eigenvalue weighted by molar-refractivity contribution is 7.92. The number of nitrogens with one attached hydrogen (secondary N) is 2. The van der Waals surface area contributed by atoms with E-state index < -0.39 is 56.5 Å². The number of rotatable bonds is 16. The summed E-state index contributed by atoms with van der Waals surface area (Å²) in [6.45, 7) is 10.5. The summed E-state index contributed by atoms with van der Waals surface area (Å²) in [6.07, 6.45) is -0.825. The number of aliphatic hydroxyl groups excluding tert-OH is 1. The fraction of sp³-hybridized carbons (Fsp3) is 0.486. The maximum atomic E-state index is 14.2. The molecule has 0 radical (unpaired) electrons. The number of phenolic OH excluding ortho intramolecular Hbond substituents is 1. The number of primary amides is 1. The van der Waals surface area contributed by atoms with Gasteiger partial charge in [-0.3, -0.25) is 14.9 Å². The van der Waals surface area contributed by atoms with Crippen molar-refractivity contribution in [3.05, 3.63) is 70.2 Å². The Morgan fingerprint density at radius 2 is 1.82 bits per heavy atom. The standard InChI is InChI=1S/C35H48N6O7S2/c1-21(2)33(50(47,48)27-12-13-30(43)29(16-27)38-23(4)42)37-17-31(44)28(15-25-10-8-7-9-11-25)35(6)20-40(22(3)14-32(36)45)34(46)41(35)18-26-19-49-24(5)39-26/h7-13,16,19,21-22,28,31,33,37,43-44H,14-15,17-18,20H2,1-6H3,(H2,36,45)(H,38,42). The number of thiazole rings is 1. The molecule has 15 heteroatoms. The lowest BCUT2D eigenvalue weighted by atomic mass is 9.76. The Balaban J connectivity index is 1.71. The number of nitrogens with two attached hydrogens (primary N) is 1. The number of amides is 4. The van der Waals surface area contributed by atoms with E-state index in [1.54, 1.807) is 30.6 Å². The quantitative estimate of drug-likeness (QED) is 0.137. The molecule has 5 atom stereocenters. The van der Waals surface area contributed by atoms with Gasteiger partial charge in [0.2, 0.25) is 11.8 Å². The number of aromatic nitrogens is 1. The zero-order valence-corrected chi connectivity index (χ0v) is 30.9. The average Bonchev–Trinajstić information content (AvgIpc) is 3.56. The second kappa shape index (κ2) is 15.9. The number of aromatic hydroxyl groups is 1. The van der Waals surface area contributed by atoms with Crippen LogP contribution in [0.25, 0.3) is 0 Å². The molecule has 1 aliphatic rings. The SMILES string of the molecule is CC(=O)Nc1cc(S(=O)(=O)C(NCC(O)C(Cc2ccccc2)C2(C)CN(C(C)CC(N)=O)C(=O)N2Cc2csc(C)n2)C(C)C)ccc1O. The maximum Gasteiger partial charge on any atom is 0.321 e. The van der Waals surface area contributed by atoms with Crippen molar-refractivity contribution in [3.8, 4) is 5.75 Å². The molecule has 2 aromatic carbocycles. The number of benzene rings is 2. The second-order valence-corrected chi connectivity index (χ2v) is 16.7. The van der Waals surface area contributed by atoms with Gasteiger partial charge in [-0.1, -0.05) is 44.2 Å². The Bertz CT molecular complexity index is 1780. The zero-order valence-electron chi connectivity index (χ0n) is 29.3. The summed E-state index contributed by atoms with van der Waals surface area (Å²) < 4.78 is 28.0. The lowest BCUT2D eigenvalue weighted by Gasteiger charge is -2.43. The minimum atomic E-state index is -4.09. The van der Waals surface area contributed by atoms with Crippen LogP contribution in [0.1, 0.15) is 57.3 Å². The molecule has 5 unspecified atom stereocenters. The van der Waals surface area contributed by atoms with E-state index in [1.165, 1.54) is 36.5 Å². The zero-order chi connectivity index (χ0) is 37.0. The summed E-state index contributed by atoms with van der Waals surface area (Å²) >= 11 is 1.47. The van der Waals surface area contributed by atoms with E-state index in [0.29, 0.717) is 12.1 Å². The molecule has 0 saturated carbocycles. The molecule has 3 aromatic rings. The van der Waals surface area contributed by atoms with Gasteiger partial charge < -0.3 is 31.1 Å². The Morgan fingerprint density at radius 3 is 2.40 bits per heavy atom. The van der Waals surface area contributed by atoms with Crippen molar-refractivity contribution >= 4 is 44.7 Å². The molecule has 4 amide bonds. The number of hydrogen-bond donors (Lipinski definition) is 5. The second-order valence-electron chi connectivity index (χ2n) is 13.6. The summed E-state index contributed by atoms with van der Waals surface area (Å²) in [6, 6.07) is 12.4. The molecule has 4 rings (SSSR count). The minimum absolute atomic E-state index is 0.0339. The first-order valence-electron chi connectivity index (χ1n) is 16.5. The van der Waals surface area contributed by atoms with Gasteiger partial charge in [0.15, 0.2) is 9.84 Å². The van der Waals surface area contributed by atoms with Gasteiger partial charge in [-0.15, -0.1) is 11.3 Å². The van der Waals surface area contributed by atoms with Crippen molar-refractivity contribution in [2.24, 2.45) is 17.6 Å². The predicted octanol–water partition coefficient (Wildman–Crippen LogP) is 3.64. The first-order chi connectivity index (χ1) is 23.4. The number of aliphatic hydroxyl groups is 1. The third-order valence-corrected chi connectivity index (χ3v) is 12.3. The molecular weight excluding hydrogens is 681 g/mol. The summed E-state index contributed by atoms with van der Waals surface area (Å²) in [5, 5.41) is 29.4. The van der Waals surface area contributed by atoms with Crippen LogP contribution in [0.4, 0.5) is 10.5 Å². The highest BCUT2D eigenvalue weighted by Crippen LogP contribution is 2.40. The van der Waals surface area contributed by atoms with Crippen molar-refractivity contribution in [1.82, 2.24) is 20.1 Å². The molecule has 0 spiro atoms. The van der Waals surface area contributed by atoms with Crippen molar-refractivity contribution in [2.45, 2.75) is 88.9 Å². The summed E-state index contributed by atoms with van der Waals surface area (Å²) in [4.78, 5) is 45.5. The van der Waals surface area contributed by atoms with E-state index >= 15 is 0 Å². The van der Waals surface area contributed by atoms with E-state index in [-0.39, 0.29) is 48.4 Å². The van der Waals surface area contributed by atoms with Gasteiger partial charge in [0.25, 0.3) is 0 Å². The number of carbonyl (C=O) groups is 3. The smallest absolute Gasteiger partial charge is 0.321 e. The number of aryl methyl sites for hydroxylation is 1. The highest BCUT2D eigenvalue weighted by atomic mass is 32.2. The van der Waals surface area contributed by atoms with Gasteiger partial charge in [0.1, 0.15) is 11.1 Å². The molecule has 13 nitrogen and oxygen atoms in total. The molecule has 1 aliphatic heterocycles. The summed E-state index contributed by atoms with van der Waals surface area (Å²) in [5.74, 6) is -2.34. The van der Waals surface area contributed by atoms with Crippen LogP contribution >= 0.6 is 11.3 Å². The number of sulfone groups is 1. The monoisotopic (exact) mass is 728 g/mol. The average molecular weight is 729 g/mol. The number of urea groups is 1. The van der Waals surface area contributed by atoms with Gasteiger partial charge >= 0.3 is 6.03 Å². The number of anilines is 1. The van der Waals surface area contributed by atoms with Crippen LogP contribution in [0.15, 0.2) is 58.8 Å². The van der Waals surface area contributed by atoms with E-state index in [9.17, 15) is 33.0 Å². The van der Waals surface area contributed by atoms with Gasteiger partial charge in [0.05, 0.1) is 39.5 Å². The third-order valence-electron chi connectivity index (χ3n) is 9.24. The van der Waals surface area contributed by atoms with Crippen LogP contribution in [0.5, 0.6) is 5.75 Å². The van der Waals surface area contributed by atoms with Crippen LogP contribution in [0.3, 0.4) is 0 Å². The van der Waals surface area contributed by atoms with Gasteiger partial charge in [-0.25, -0.2) is 18.2 Å². The van der Waals surface area contributed by atoms with Gasteiger partial charge in [0, 0.05) is 43.8 Å². The van der Waals surface area contributed by atoms with E-state index in [1.807, 2.05) is 49.6 Å². The molecule has 2 heterocycles. The van der Waals surface area contributed by atoms with Crippen LogP contribution in [0, 0.1) is 18.8 Å². The molecule has 0 aliphatic carbocycles. The lowest BCUT2D eigenvalue weighted by molar-refractivity contribution is -0.119. The van der Waals surface area contributed by atoms with Crippen molar-refractivity contribution in [1.29, 1.82) is 0 Å². The minimum Gasteiger partial charge on any atom is -0.506 e. The van der Waals surface area contributed by atoms with Crippen molar-refractivity contribution in [2.75, 3.05) is 18.4 Å². The fourth-order valence-corrected chi connectivity index (χ4v) is 9.14. The summed E-state index contributed by atoms with van der Waals surface area (Å²) in [5.41, 5.74) is 6.11. The Kier molecular flexibility index (Phi) is 12.3. The van der Waals surface area contributed by atoms with E-state index in [4.69, 9.17) is 5.73 Å². The Morgan fingerprint density at radius 1 is 1.14 bits per heavy atom. The predicted molar refractivity (Wildman–Crippen MR) is 192 cm³/mol. The highest BCUT2D eigenvalue weighted by Gasteiger charge is 2.54. The van der Waals surface area contributed by atoms with Crippen molar-refractivity contribution < 1.29 is 33.0 Å². The van der Waals surface area contributed by atoms with Crippen LogP contribution in [-0.2, 0) is 32.4 Å². The molecule has 50 heavy (non-hydrogen) atoms. The van der Waals surface area contributed by atoms with Crippen LogP contribution in [0.2, 0.25) is 0 Å². The lowest BCUT2D eigenvalue weighted by Crippen LogP contribution is -2.57. The molecule has 0 bridgehead atoms.